The number of hydrogen-bond acceptors (Lipinski definition) is 3. The lowest BCUT2D eigenvalue weighted by molar-refractivity contribution is -0.117. The molecule has 7 heteroatoms. The van der Waals surface area contributed by atoms with Crippen molar-refractivity contribution in [2.75, 3.05) is 30.3 Å². The summed E-state index contributed by atoms with van der Waals surface area (Å²) in [6.45, 7) is 6.65. The Bertz CT molecular complexity index is 562. The average Bonchev–Trinajstić information content (AvgIpc) is 2.56. The molecule has 1 aromatic carbocycles. The van der Waals surface area contributed by atoms with Crippen LogP contribution in [0.1, 0.15) is 33.1 Å². The number of carbonyl (C=O) groups is 2. The van der Waals surface area contributed by atoms with Crippen molar-refractivity contribution in [2.45, 2.75) is 33.1 Å². The molecule has 4 N–H and O–H groups in total. The fourth-order valence-electron chi connectivity index (χ4n) is 3.05. The van der Waals surface area contributed by atoms with Gasteiger partial charge in [-0.2, -0.15) is 0 Å². The third kappa shape index (κ3) is 7.32. The van der Waals surface area contributed by atoms with Gasteiger partial charge in [0, 0.05) is 24.3 Å². The van der Waals surface area contributed by atoms with Crippen molar-refractivity contribution < 1.29 is 9.59 Å². The SMILES string of the molecule is CCNC(=O)Nc1cccc(NC(=O)CC(C)C2CCCNC2)c1.Cl. The minimum absolute atomic E-state index is 0. The Morgan fingerprint density at radius 2 is 2.00 bits per heavy atom. The zero-order valence-electron chi connectivity index (χ0n) is 14.9. The van der Waals surface area contributed by atoms with E-state index in [4.69, 9.17) is 0 Å². The number of halogens is 1. The highest BCUT2D eigenvalue weighted by molar-refractivity contribution is 5.93. The fourth-order valence-corrected chi connectivity index (χ4v) is 3.05. The van der Waals surface area contributed by atoms with Crippen LogP contribution in [0.5, 0.6) is 0 Å². The van der Waals surface area contributed by atoms with Crippen LogP contribution < -0.4 is 21.3 Å². The van der Waals surface area contributed by atoms with Crippen LogP contribution in [0.4, 0.5) is 16.2 Å². The summed E-state index contributed by atoms with van der Waals surface area (Å²) in [6.07, 6.45) is 2.89. The number of carbonyl (C=O) groups excluding carboxylic acids is 2. The van der Waals surface area contributed by atoms with Gasteiger partial charge >= 0.3 is 6.03 Å². The highest BCUT2D eigenvalue weighted by atomic mass is 35.5. The summed E-state index contributed by atoms with van der Waals surface area (Å²) in [6, 6.07) is 6.94. The summed E-state index contributed by atoms with van der Waals surface area (Å²) in [5.41, 5.74) is 1.35. The monoisotopic (exact) mass is 368 g/mol. The van der Waals surface area contributed by atoms with E-state index in [1.165, 1.54) is 12.8 Å². The van der Waals surface area contributed by atoms with E-state index < -0.39 is 0 Å². The van der Waals surface area contributed by atoms with Crippen molar-refractivity contribution in [3.63, 3.8) is 0 Å². The summed E-state index contributed by atoms with van der Waals surface area (Å²) in [5, 5.41) is 11.7. The van der Waals surface area contributed by atoms with E-state index in [2.05, 4.69) is 28.2 Å². The third-order valence-electron chi connectivity index (χ3n) is 4.39. The molecule has 0 bridgehead atoms. The molecule has 140 valence electrons. The lowest BCUT2D eigenvalue weighted by atomic mass is 9.85. The highest BCUT2D eigenvalue weighted by Crippen LogP contribution is 2.23. The van der Waals surface area contributed by atoms with Crippen LogP contribution in [0.25, 0.3) is 0 Å². The number of anilines is 2. The lowest BCUT2D eigenvalue weighted by Crippen LogP contribution is -2.34. The molecule has 1 aromatic rings. The van der Waals surface area contributed by atoms with Crippen molar-refractivity contribution in [1.82, 2.24) is 10.6 Å². The summed E-state index contributed by atoms with van der Waals surface area (Å²) in [4.78, 5) is 23.8. The number of amides is 3. The molecule has 2 atom stereocenters. The van der Waals surface area contributed by atoms with Gasteiger partial charge in [-0.15, -0.1) is 12.4 Å². The molecule has 3 amide bonds. The summed E-state index contributed by atoms with van der Waals surface area (Å²) >= 11 is 0. The van der Waals surface area contributed by atoms with Crippen LogP contribution in [0, 0.1) is 11.8 Å². The van der Waals surface area contributed by atoms with Gasteiger partial charge < -0.3 is 21.3 Å². The second-order valence-corrected chi connectivity index (χ2v) is 6.40. The number of rotatable bonds is 6. The molecular formula is C18H29ClN4O2. The molecular weight excluding hydrogens is 340 g/mol. The van der Waals surface area contributed by atoms with E-state index in [9.17, 15) is 9.59 Å². The van der Waals surface area contributed by atoms with E-state index in [1.54, 1.807) is 12.1 Å². The van der Waals surface area contributed by atoms with Crippen LogP contribution in [-0.2, 0) is 4.79 Å². The van der Waals surface area contributed by atoms with E-state index in [0.29, 0.717) is 36.2 Å². The number of urea groups is 1. The van der Waals surface area contributed by atoms with Gasteiger partial charge in [0.25, 0.3) is 0 Å². The molecule has 0 radical (unpaired) electrons. The Kier molecular flexibility index (Phi) is 9.31. The largest absolute Gasteiger partial charge is 0.338 e. The Balaban J connectivity index is 0.00000312. The van der Waals surface area contributed by atoms with Crippen molar-refractivity contribution in [1.29, 1.82) is 0 Å². The molecule has 25 heavy (non-hydrogen) atoms. The van der Waals surface area contributed by atoms with Crippen molar-refractivity contribution in [3.05, 3.63) is 24.3 Å². The maximum atomic E-state index is 12.3. The predicted octanol–water partition coefficient (Wildman–Crippen LogP) is 3.21. The van der Waals surface area contributed by atoms with Crippen LogP contribution in [0.3, 0.4) is 0 Å². The van der Waals surface area contributed by atoms with Gasteiger partial charge in [0.2, 0.25) is 5.91 Å². The Morgan fingerprint density at radius 1 is 1.28 bits per heavy atom. The molecule has 1 aliphatic heterocycles. The number of piperidine rings is 1. The first kappa shape index (κ1) is 21.3. The van der Waals surface area contributed by atoms with Gasteiger partial charge in [0.05, 0.1) is 0 Å². The molecule has 2 unspecified atom stereocenters. The number of nitrogens with one attached hydrogen (secondary N) is 4. The second kappa shape index (κ2) is 10.9. The molecule has 0 aliphatic carbocycles. The van der Waals surface area contributed by atoms with Crippen LogP contribution in [0.15, 0.2) is 24.3 Å². The van der Waals surface area contributed by atoms with E-state index >= 15 is 0 Å². The van der Waals surface area contributed by atoms with Gasteiger partial charge in [-0.05, 0) is 62.9 Å². The number of benzene rings is 1. The third-order valence-corrected chi connectivity index (χ3v) is 4.39. The van der Waals surface area contributed by atoms with Gasteiger partial charge in [-0.3, -0.25) is 4.79 Å². The van der Waals surface area contributed by atoms with Crippen LogP contribution >= 0.6 is 12.4 Å². The van der Waals surface area contributed by atoms with Crippen molar-refractivity contribution >= 4 is 35.7 Å². The molecule has 0 saturated carbocycles. The minimum atomic E-state index is -0.251. The summed E-state index contributed by atoms with van der Waals surface area (Å²) in [7, 11) is 0. The van der Waals surface area contributed by atoms with E-state index in [1.807, 2.05) is 19.1 Å². The lowest BCUT2D eigenvalue weighted by Gasteiger charge is -2.28. The smallest absolute Gasteiger partial charge is 0.319 e. The van der Waals surface area contributed by atoms with Crippen molar-refractivity contribution in [3.8, 4) is 0 Å². The number of hydrogen-bond donors (Lipinski definition) is 4. The maximum Gasteiger partial charge on any atom is 0.319 e. The molecule has 1 fully saturated rings. The Labute approximate surface area is 155 Å². The molecule has 1 heterocycles. The topological polar surface area (TPSA) is 82.3 Å². The Morgan fingerprint density at radius 3 is 2.64 bits per heavy atom. The van der Waals surface area contributed by atoms with Crippen LogP contribution in [0.2, 0.25) is 0 Å². The minimum Gasteiger partial charge on any atom is -0.338 e. The normalized spacial score (nSPS) is 17.8. The Hall–Kier alpha value is -1.79. The summed E-state index contributed by atoms with van der Waals surface area (Å²) in [5.74, 6) is 0.938. The maximum absolute atomic E-state index is 12.3. The van der Waals surface area contributed by atoms with E-state index in [0.717, 1.165) is 13.1 Å². The first-order chi connectivity index (χ1) is 11.6. The first-order valence-corrected chi connectivity index (χ1v) is 8.74. The zero-order valence-corrected chi connectivity index (χ0v) is 15.7. The summed E-state index contributed by atoms with van der Waals surface area (Å²) < 4.78 is 0. The molecule has 0 spiro atoms. The molecule has 1 aliphatic rings. The van der Waals surface area contributed by atoms with Crippen LogP contribution in [-0.4, -0.2) is 31.6 Å². The second-order valence-electron chi connectivity index (χ2n) is 6.40. The zero-order chi connectivity index (χ0) is 17.4. The van der Waals surface area contributed by atoms with Crippen molar-refractivity contribution in [2.24, 2.45) is 11.8 Å². The van der Waals surface area contributed by atoms with Gasteiger partial charge in [0.15, 0.2) is 0 Å². The highest BCUT2D eigenvalue weighted by Gasteiger charge is 2.22. The van der Waals surface area contributed by atoms with Gasteiger partial charge in [-0.1, -0.05) is 13.0 Å². The first-order valence-electron chi connectivity index (χ1n) is 8.74. The van der Waals surface area contributed by atoms with Gasteiger partial charge in [-0.25, -0.2) is 4.79 Å². The molecule has 1 saturated heterocycles. The quantitative estimate of drug-likeness (QED) is 0.622. The molecule has 0 aromatic heterocycles. The molecule has 2 rings (SSSR count). The van der Waals surface area contributed by atoms with Gasteiger partial charge in [0.1, 0.15) is 0 Å². The van der Waals surface area contributed by atoms with E-state index in [-0.39, 0.29) is 24.3 Å². The fraction of sp³-hybridized carbons (Fsp3) is 0.556. The average molecular weight is 369 g/mol. The predicted molar refractivity (Wildman–Crippen MR) is 104 cm³/mol. The standard InChI is InChI=1S/C18H28N4O2.ClH/c1-3-20-18(24)22-16-8-4-7-15(11-16)21-17(23)10-13(2)14-6-5-9-19-12-14;/h4,7-8,11,13-14,19H,3,5-6,9-10,12H2,1-2H3,(H,21,23)(H2,20,22,24);1H. The molecule has 6 nitrogen and oxygen atoms in total.